The van der Waals surface area contributed by atoms with Gasteiger partial charge in [0.1, 0.15) is 5.60 Å². The Kier molecular flexibility index (Phi) is 2.26. The van der Waals surface area contributed by atoms with E-state index in [0.29, 0.717) is 0 Å². The highest BCUT2D eigenvalue weighted by atomic mass is 19.1. The molecule has 74 valence electrons. The van der Waals surface area contributed by atoms with Crippen LogP contribution in [0.2, 0.25) is 0 Å². The van der Waals surface area contributed by atoms with Crippen molar-refractivity contribution in [2.45, 2.75) is 56.7 Å². The van der Waals surface area contributed by atoms with Gasteiger partial charge in [-0.15, -0.1) is 0 Å². The number of esters is 1. The van der Waals surface area contributed by atoms with Gasteiger partial charge in [-0.1, -0.05) is 12.8 Å². The van der Waals surface area contributed by atoms with Crippen LogP contribution in [0, 0.1) is 0 Å². The van der Waals surface area contributed by atoms with Crippen LogP contribution in [0.4, 0.5) is 4.39 Å². The minimum atomic E-state index is -1.06. The molecule has 1 spiro atoms. The van der Waals surface area contributed by atoms with Crippen LogP contribution in [0.15, 0.2) is 0 Å². The predicted octanol–water partition coefficient (Wildman–Crippen LogP) is 2.36. The van der Waals surface area contributed by atoms with Crippen molar-refractivity contribution in [2.75, 3.05) is 0 Å². The second-order valence-corrected chi connectivity index (χ2v) is 4.12. The molecule has 1 unspecified atom stereocenters. The topological polar surface area (TPSA) is 26.3 Å². The quantitative estimate of drug-likeness (QED) is 0.543. The summed E-state index contributed by atoms with van der Waals surface area (Å²) in [5, 5.41) is 0. The summed E-state index contributed by atoms with van der Waals surface area (Å²) in [6.07, 6.45) is 4.64. The first-order valence-electron chi connectivity index (χ1n) is 5.09. The summed E-state index contributed by atoms with van der Waals surface area (Å²) in [5.74, 6) is -0.352. The molecule has 0 aromatic heterocycles. The standard InChI is InChI=1S/C10H15FO2/c11-8-7-9(12)13-10(8)5-3-1-2-4-6-10/h8H,1-7H2. The van der Waals surface area contributed by atoms with E-state index in [9.17, 15) is 9.18 Å². The molecule has 0 amide bonds. The zero-order valence-electron chi connectivity index (χ0n) is 7.72. The van der Waals surface area contributed by atoms with E-state index in [4.69, 9.17) is 4.74 Å². The molecule has 13 heavy (non-hydrogen) atoms. The summed E-state index contributed by atoms with van der Waals surface area (Å²) in [7, 11) is 0. The number of rotatable bonds is 0. The summed E-state index contributed by atoms with van der Waals surface area (Å²) >= 11 is 0. The van der Waals surface area contributed by atoms with E-state index in [1.807, 2.05) is 0 Å². The Hall–Kier alpha value is -0.600. The van der Waals surface area contributed by atoms with Gasteiger partial charge in [0.05, 0.1) is 6.42 Å². The van der Waals surface area contributed by atoms with Crippen molar-refractivity contribution in [2.24, 2.45) is 0 Å². The monoisotopic (exact) mass is 186 g/mol. The van der Waals surface area contributed by atoms with Crippen molar-refractivity contribution < 1.29 is 13.9 Å². The third-order valence-electron chi connectivity index (χ3n) is 3.18. The van der Waals surface area contributed by atoms with Gasteiger partial charge in [0.25, 0.3) is 0 Å². The number of carbonyl (C=O) groups excluding carboxylic acids is 1. The molecule has 1 heterocycles. The van der Waals surface area contributed by atoms with E-state index in [-0.39, 0.29) is 12.4 Å². The van der Waals surface area contributed by atoms with Gasteiger partial charge in [0.2, 0.25) is 0 Å². The van der Waals surface area contributed by atoms with Gasteiger partial charge in [-0.2, -0.15) is 0 Å². The maximum Gasteiger partial charge on any atom is 0.309 e. The molecule has 2 fully saturated rings. The van der Waals surface area contributed by atoms with Gasteiger partial charge in [0, 0.05) is 0 Å². The van der Waals surface area contributed by atoms with Crippen LogP contribution in [0.25, 0.3) is 0 Å². The first-order chi connectivity index (χ1) is 6.23. The van der Waals surface area contributed by atoms with Crippen LogP contribution in [0.1, 0.15) is 44.9 Å². The lowest BCUT2D eigenvalue weighted by atomic mass is 9.90. The number of hydrogen-bond donors (Lipinski definition) is 0. The first-order valence-corrected chi connectivity index (χ1v) is 5.09. The molecule has 0 aromatic carbocycles. The molecule has 0 radical (unpaired) electrons. The molecular formula is C10H15FO2. The lowest BCUT2D eigenvalue weighted by Gasteiger charge is -2.27. The molecule has 1 saturated carbocycles. The van der Waals surface area contributed by atoms with Crippen LogP contribution in [0.3, 0.4) is 0 Å². The fourth-order valence-electron chi connectivity index (χ4n) is 2.41. The second-order valence-electron chi connectivity index (χ2n) is 4.12. The molecule has 1 aliphatic heterocycles. The molecule has 0 N–H and O–H groups in total. The Labute approximate surface area is 77.5 Å². The Morgan fingerprint density at radius 3 is 2.31 bits per heavy atom. The van der Waals surface area contributed by atoms with E-state index in [0.717, 1.165) is 38.5 Å². The summed E-state index contributed by atoms with van der Waals surface area (Å²) in [6, 6.07) is 0. The Morgan fingerprint density at radius 2 is 1.85 bits per heavy atom. The van der Waals surface area contributed by atoms with E-state index >= 15 is 0 Å². The molecule has 1 aliphatic carbocycles. The SMILES string of the molecule is O=C1CC(F)C2(CCCCCC2)O1. The van der Waals surface area contributed by atoms with Gasteiger partial charge >= 0.3 is 5.97 Å². The van der Waals surface area contributed by atoms with Gasteiger partial charge in [-0.3, -0.25) is 4.79 Å². The third kappa shape index (κ3) is 1.56. The maximum absolute atomic E-state index is 13.5. The van der Waals surface area contributed by atoms with E-state index in [1.54, 1.807) is 0 Å². The highest BCUT2D eigenvalue weighted by Crippen LogP contribution is 2.40. The van der Waals surface area contributed by atoms with Crippen molar-refractivity contribution in [1.82, 2.24) is 0 Å². The summed E-state index contributed by atoms with van der Waals surface area (Å²) in [5.41, 5.74) is -0.729. The average Bonchev–Trinajstić information content (AvgIpc) is 2.29. The lowest BCUT2D eigenvalue weighted by molar-refractivity contribution is -0.151. The fraction of sp³-hybridized carbons (Fsp3) is 0.900. The van der Waals surface area contributed by atoms with E-state index in [1.165, 1.54) is 0 Å². The van der Waals surface area contributed by atoms with Crippen LogP contribution in [-0.2, 0) is 9.53 Å². The molecule has 0 aromatic rings. The van der Waals surface area contributed by atoms with Gasteiger partial charge < -0.3 is 4.74 Å². The fourth-order valence-corrected chi connectivity index (χ4v) is 2.41. The summed E-state index contributed by atoms with van der Waals surface area (Å²) < 4.78 is 18.7. The Balaban J connectivity index is 2.12. The highest BCUT2D eigenvalue weighted by Gasteiger charge is 2.49. The maximum atomic E-state index is 13.5. The molecule has 2 nitrogen and oxygen atoms in total. The van der Waals surface area contributed by atoms with Gasteiger partial charge in [-0.25, -0.2) is 4.39 Å². The van der Waals surface area contributed by atoms with Crippen molar-refractivity contribution >= 4 is 5.97 Å². The number of hydrogen-bond acceptors (Lipinski definition) is 2. The van der Waals surface area contributed by atoms with Crippen molar-refractivity contribution in [3.05, 3.63) is 0 Å². The molecule has 0 bridgehead atoms. The average molecular weight is 186 g/mol. The van der Waals surface area contributed by atoms with E-state index in [2.05, 4.69) is 0 Å². The van der Waals surface area contributed by atoms with Crippen molar-refractivity contribution in [1.29, 1.82) is 0 Å². The number of ether oxygens (including phenoxy) is 1. The van der Waals surface area contributed by atoms with Crippen LogP contribution >= 0.6 is 0 Å². The van der Waals surface area contributed by atoms with E-state index < -0.39 is 11.8 Å². The van der Waals surface area contributed by atoms with Crippen LogP contribution in [0.5, 0.6) is 0 Å². The van der Waals surface area contributed by atoms with Crippen LogP contribution < -0.4 is 0 Å². The molecule has 1 saturated heterocycles. The lowest BCUT2D eigenvalue weighted by Crippen LogP contribution is -2.36. The first kappa shape index (κ1) is 8.97. The third-order valence-corrected chi connectivity index (χ3v) is 3.18. The van der Waals surface area contributed by atoms with Gasteiger partial charge in [-0.05, 0) is 25.7 Å². The smallest absolute Gasteiger partial charge is 0.309 e. The normalized spacial score (nSPS) is 33.0. The van der Waals surface area contributed by atoms with Crippen LogP contribution in [-0.4, -0.2) is 17.7 Å². The minimum absolute atomic E-state index is 0.0278. The molecule has 1 atom stereocenters. The number of carbonyl (C=O) groups is 1. The molecule has 2 aliphatic rings. The van der Waals surface area contributed by atoms with Gasteiger partial charge in [0.15, 0.2) is 6.17 Å². The van der Waals surface area contributed by atoms with Crippen molar-refractivity contribution in [3.63, 3.8) is 0 Å². The summed E-state index contributed by atoms with van der Waals surface area (Å²) in [6.45, 7) is 0. The molecule has 3 heteroatoms. The number of alkyl halides is 1. The largest absolute Gasteiger partial charge is 0.456 e. The number of halogens is 1. The predicted molar refractivity (Wildman–Crippen MR) is 46.0 cm³/mol. The summed E-state index contributed by atoms with van der Waals surface area (Å²) in [4.78, 5) is 11.0. The zero-order valence-corrected chi connectivity index (χ0v) is 7.72. The highest BCUT2D eigenvalue weighted by molar-refractivity contribution is 5.73. The second kappa shape index (κ2) is 3.28. The Morgan fingerprint density at radius 1 is 1.23 bits per heavy atom. The molecule has 2 rings (SSSR count). The zero-order chi connectivity index (χ0) is 9.31. The Bertz CT molecular complexity index is 207. The van der Waals surface area contributed by atoms with Crippen molar-refractivity contribution in [3.8, 4) is 0 Å². The minimum Gasteiger partial charge on any atom is -0.456 e. The molecular weight excluding hydrogens is 171 g/mol.